The van der Waals surface area contributed by atoms with Gasteiger partial charge in [0.15, 0.2) is 0 Å². The lowest BCUT2D eigenvalue weighted by molar-refractivity contribution is -0.143. The van der Waals surface area contributed by atoms with Gasteiger partial charge in [-0.1, -0.05) is 6.92 Å². The van der Waals surface area contributed by atoms with Crippen molar-refractivity contribution in [1.82, 2.24) is 24.8 Å². The van der Waals surface area contributed by atoms with Crippen LogP contribution in [0.5, 0.6) is 0 Å². The van der Waals surface area contributed by atoms with E-state index in [1.165, 1.54) is 0 Å². The van der Waals surface area contributed by atoms with Crippen LogP contribution in [0.4, 0.5) is 37.1 Å². The smallest absolute Gasteiger partial charge is 0.332 e. The highest BCUT2D eigenvalue weighted by molar-refractivity contribution is 5.75. The van der Waals surface area contributed by atoms with Crippen molar-refractivity contribution in [2.24, 2.45) is 5.10 Å². The number of aromatic nitrogens is 2. The van der Waals surface area contributed by atoms with Gasteiger partial charge in [-0.15, -0.1) is 0 Å². The predicted octanol–water partition coefficient (Wildman–Crippen LogP) is 5.60. The summed E-state index contributed by atoms with van der Waals surface area (Å²) in [5, 5.41) is 5.99. The number of carbonyl (C=O) groups excluding carboxylic acids is 1. The first-order valence-electron chi connectivity index (χ1n) is 14.0. The molecule has 0 saturated carbocycles. The third kappa shape index (κ3) is 6.41. The van der Waals surface area contributed by atoms with Gasteiger partial charge >= 0.3 is 18.4 Å². The highest BCUT2D eigenvalue weighted by Gasteiger charge is 2.41. The molecule has 2 amide bonds. The van der Waals surface area contributed by atoms with E-state index in [-0.39, 0.29) is 48.7 Å². The van der Waals surface area contributed by atoms with Crippen LogP contribution < -0.4 is 4.90 Å². The van der Waals surface area contributed by atoms with Gasteiger partial charge in [0.1, 0.15) is 0 Å². The van der Waals surface area contributed by atoms with Crippen LogP contribution in [0.1, 0.15) is 60.8 Å². The maximum absolute atomic E-state index is 13.6. The normalized spacial score (nSPS) is 22.9. The summed E-state index contributed by atoms with van der Waals surface area (Å²) in [6.07, 6.45) is -1.97. The lowest BCUT2D eigenvalue weighted by atomic mass is 10.0. The zero-order chi connectivity index (χ0) is 30.2. The molecule has 0 bridgehead atoms. The highest BCUT2D eigenvalue weighted by Crippen LogP contribution is 2.37. The van der Waals surface area contributed by atoms with E-state index in [1.54, 1.807) is 38.3 Å². The largest absolute Gasteiger partial charge is 0.416 e. The van der Waals surface area contributed by atoms with Crippen LogP contribution in [0, 0.1) is 0 Å². The van der Waals surface area contributed by atoms with Crippen LogP contribution in [0.15, 0.2) is 35.7 Å². The quantitative estimate of drug-likeness (QED) is 0.406. The summed E-state index contributed by atoms with van der Waals surface area (Å²) in [5.74, 6) is 0.128. The molecule has 2 saturated heterocycles. The molecule has 14 heteroatoms. The summed E-state index contributed by atoms with van der Waals surface area (Å²) in [4.78, 5) is 27.6. The molecule has 42 heavy (non-hydrogen) atoms. The topological polar surface area (TPSA) is 68.2 Å². The molecule has 3 aliphatic heterocycles. The molecule has 2 aromatic rings. The van der Waals surface area contributed by atoms with E-state index in [1.807, 2.05) is 14.0 Å². The monoisotopic (exact) mass is 597 g/mol. The number of hydrogen-bond acceptors (Lipinski definition) is 6. The molecule has 0 radical (unpaired) electrons. The Morgan fingerprint density at radius 1 is 0.976 bits per heavy atom. The number of likely N-dealkylation sites (tertiary alicyclic amines) is 2. The number of anilines is 1. The molecule has 228 valence electrons. The van der Waals surface area contributed by atoms with E-state index < -0.39 is 29.5 Å². The third-order valence-electron chi connectivity index (χ3n) is 8.17. The van der Waals surface area contributed by atoms with E-state index in [4.69, 9.17) is 0 Å². The van der Waals surface area contributed by atoms with Crippen LogP contribution in [0.2, 0.25) is 0 Å². The summed E-state index contributed by atoms with van der Waals surface area (Å²) in [7, 11) is 1.83. The van der Waals surface area contributed by atoms with Gasteiger partial charge in [0, 0.05) is 70.3 Å². The summed E-state index contributed by atoms with van der Waals surface area (Å²) >= 11 is 0. The van der Waals surface area contributed by atoms with Crippen molar-refractivity contribution >= 4 is 18.2 Å². The molecule has 8 nitrogen and oxygen atoms in total. The van der Waals surface area contributed by atoms with Gasteiger partial charge in [0.05, 0.1) is 17.2 Å². The van der Waals surface area contributed by atoms with E-state index in [2.05, 4.69) is 15.1 Å². The number of hydrogen-bond donors (Lipinski definition) is 0. The fourth-order valence-corrected chi connectivity index (χ4v) is 5.94. The first kappa shape index (κ1) is 29.9. The number of nitrogens with zero attached hydrogens (tertiary/aromatic N) is 7. The SMILES string of the molecule is CC[C@@H]1C[C@H](N(Cc2cc(C(F)(F)F)cc(C(F)(F)F)c2)c2ncc(C3C=NN(C)C3)cn2)CN1C(=O)N1CCCC1. The van der Waals surface area contributed by atoms with Gasteiger partial charge in [0.25, 0.3) is 0 Å². The molecule has 3 aliphatic rings. The second kappa shape index (κ2) is 11.6. The van der Waals surface area contributed by atoms with Crippen molar-refractivity contribution in [2.45, 2.75) is 69.5 Å². The number of urea groups is 1. The lowest BCUT2D eigenvalue weighted by Gasteiger charge is -2.31. The van der Waals surface area contributed by atoms with E-state index >= 15 is 0 Å². The Hall–Kier alpha value is -3.58. The van der Waals surface area contributed by atoms with Gasteiger partial charge in [-0.2, -0.15) is 31.4 Å². The maximum Gasteiger partial charge on any atom is 0.416 e. The van der Waals surface area contributed by atoms with Gasteiger partial charge in [0.2, 0.25) is 5.95 Å². The minimum atomic E-state index is -4.96. The van der Waals surface area contributed by atoms with Crippen LogP contribution >= 0.6 is 0 Å². The molecule has 0 spiro atoms. The zero-order valence-corrected chi connectivity index (χ0v) is 23.4. The van der Waals surface area contributed by atoms with Crippen LogP contribution in [0.3, 0.4) is 0 Å². The number of benzene rings is 1. The Bertz CT molecular complexity index is 1260. The molecule has 4 heterocycles. The molecule has 3 atom stereocenters. The number of hydrazone groups is 1. The van der Waals surface area contributed by atoms with Crippen LogP contribution in [-0.2, 0) is 18.9 Å². The fraction of sp³-hybridized carbons (Fsp3) is 0.571. The molecule has 1 unspecified atom stereocenters. The average molecular weight is 598 g/mol. The summed E-state index contributed by atoms with van der Waals surface area (Å²) in [5.41, 5.74) is -2.14. The minimum Gasteiger partial charge on any atom is -0.332 e. The van der Waals surface area contributed by atoms with Gasteiger partial charge < -0.3 is 14.7 Å². The van der Waals surface area contributed by atoms with Gasteiger partial charge in [-0.3, -0.25) is 5.01 Å². The van der Waals surface area contributed by atoms with Gasteiger partial charge in [-0.05, 0) is 55.0 Å². The summed E-state index contributed by atoms with van der Waals surface area (Å²) in [6, 6.07) is 0.944. The number of carbonyl (C=O) groups is 1. The fourth-order valence-electron chi connectivity index (χ4n) is 5.94. The highest BCUT2D eigenvalue weighted by atomic mass is 19.4. The number of likely N-dealkylation sites (N-methyl/N-ethyl adjacent to an activating group) is 1. The molecular formula is C28H33F6N7O. The molecule has 0 N–H and O–H groups in total. The van der Waals surface area contributed by atoms with Crippen molar-refractivity contribution in [3.8, 4) is 0 Å². The van der Waals surface area contributed by atoms with Crippen molar-refractivity contribution in [3.05, 3.63) is 52.8 Å². The van der Waals surface area contributed by atoms with E-state index in [0.717, 1.165) is 30.5 Å². The molecule has 2 fully saturated rings. The summed E-state index contributed by atoms with van der Waals surface area (Å²) in [6.45, 7) is 3.86. The van der Waals surface area contributed by atoms with Crippen LogP contribution in [0.25, 0.3) is 0 Å². The van der Waals surface area contributed by atoms with Crippen molar-refractivity contribution in [2.75, 3.05) is 38.1 Å². The zero-order valence-electron chi connectivity index (χ0n) is 23.4. The Labute approximate surface area is 240 Å². The summed E-state index contributed by atoms with van der Waals surface area (Å²) < 4.78 is 81.8. The Morgan fingerprint density at radius 3 is 2.12 bits per heavy atom. The molecule has 1 aromatic heterocycles. The van der Waals surface area contributed by atoms with Crippen molar-refractivity contribution in [3.63, 3.8) is 0 Å². The minimum absolute atomic E-state index is 0.0418. The van der Waals surface area contributed by atoms with Gasteiger partial charge in [-0.25, -0.2) is 14.8 Å². The van der Waals surface area contributed by atoms with Crippen molar-refractivity contribution < 1.29 is 31.1 Å². The van der Waals surface area contributed by atoms with E-state index in [0.29, 0.717) is 32.5 Å². The third-order valence-corrected chi connectivity index (χ3v) is 8.17. The Morgan fingerprint density at radius 2 is 1.60 bits per heavy atom. The Kier molecular flexibility index (Phi) is 8.26. The average Bonchev–Trinajstić information content (AvgIpc) is 3.72. The lowest BCUT2D eigenvalue weighted by Crippen LogP contribution is -2.45. The molecule has 5 rings (SSSR count). The van der Waals surface area contributed by atoms with E-state index in [9.17, 15) is 31.1 Å². The molecular weight excluding hydrogens is 564 g/mol. The second-order valence-electron chi connectivity index (χ2n) is 11.2. The molecule has 0 aliphatic carbocycles. The number of amides is 2. The van der Waals surface area contributed by atoms with Crippen molar-refractivity contribution in [1.29, 1.82) is 0 Å². The number of alkyl halides is 6. The first-order chi connectivity index (χ1) is 19.8. The number of halogens is 6. The first-order valence-corrected chi connectivity index (χ1v) is 14.0. The predicted molar refractivity (Wildman–Crippen MR) is 144 cm³/mol. The Balaban J connectivity index is 1.49. The number of rotatable bonds is 6. The molecule has 1 aromatic carbocycles. The second-order valence-corrected chi connectivity index (χ2v) is 11.2. The van der Waals surface area contributed by atoms with Crippen LogP contribution in [-0.4, -0.2) is 82.3 Å². The maximum atomic E-state index is 13.6. The standard InChI is InChI=1S/C28H33F6N7O/c1-3-23-11-24(17-41(23)26(42)39-6-4-5-7-39)40(25-35-12-19(13-36-25)20-14-37-38(2)16-20)15-18-8-21(27(29,30)31)10-22(9-18)28(32,33)34/h8-10,12-14,20,23-24H,3-7,11,15-17H2,1-2H3/t20?,23-,24+/m1/s1.